The van der Waals surface area contributed by atoms with Crippen LogP contribution in [0.2, 0.25) is 0 Å². The molecule has 5 nitrogen and oxygen atoms in total. The zero-order valence-corrected chi connectivity index (χ0v) is 17.7. The molecule has 0 spiro atoms. The Morgan fingerprint density at radius 2 is 1.77 bits per heavy atom. The van der Waals surface area contributed by atoms with E-state index in [1.54, 1.807) is 25.3 Å². The Morgan fingerprint density at radius 3 is 2.45 bits per heavy atom. The molecule has 4 aromatic rings. The standard InChI is InChI=1S/C24H21FN2O3S/c1-30-20-9-4-16(5-10-20)12-13-27(15-17-2-6-18(7-3-17)23(28)29)24-26-21-11-8-19(25)14-22(21)31-24/h2-11,14H,12-13,15H2,1H3,(H,28,29). The van der Waals surface area contributed by atoms with Gasteiger partial charge in [-0.3, -0.25) is 0 Å². The third-order valence-electron chi connectivity index (χ3n) is 5.01. The highest BCUT2D eigenvalue weighted by molar-refractivity contribution is 7.22. The number of rotatable bonds is 8. The van der Waals surface area contributed by atoms with Crippen LogP contribution in [0.15, 0.2) is 66.7 Å². The maximum absolute atomic E-state index is 13.6. The molecular formula is C24H21FN2O3S. The maximum Gasteiger partial charge on any atom is 0.335 e. The molecular weight excluding hydrogens is 415 g/mol. The Kier molecular flexibility index (Phi) is 6.13. The monoisotopic (exact) mass is 436 g/mol. The van der Waals surface area contributed by atoms with Crippen LogP contribution in [0.3, 0.4) is 0 Å². The zero-order chi connectivity index (χ0) is 21.8. The highest BCUT2D eigenvalue weighted by atomic mass is 32.1. The Morgan fingerprint density at radius 1 is 1.06 bits per heavy atom. The number of nitrogens with zero attached hydrogens (tertiary/aromatic N) is 2. The average Bonchev–Trinajstić information content (AvgIpc) is 3.20. The first-order valence-electron chi connectivity index (χ1n) is 9.78. The van der Waals surface area contributed by atoms with Gasteiger partial charge in [0, 0.05) is 13.1 Å². The van der Waals surface area contributed by atoms with Crippen molar-refractivity contribution in [3.63, 3.8) is 0 Å². The average molecular weight is 437 g/mol. The van der Waals surface area contributed by atoms with E-state index in [-0.39, 0.29) is 11.4 Å². The number of ether oxygens (including phenoxy) is 1. The molecule has 0 unspecified atom stereocenters. The number of halogens is 1. The van der Waals surface area contributed by atoms with Gasteiger partial charge in [0.15, 0.2) is 5.13 Å². The van der Waals surface area contributed by atoms with Gasteiger partial charge in [-0.2, -0.15) is 0 Å². The summed E-state index contributed by atoms with van der Waals surface area (Å²) in [5.74, 6) is -0.417. The number of hydrogen-bond acceptors (Lipinski definition) is 5. The van der Waals surface area contributed by atoms with E-state index in [0.29, 0.717) is 13.1 Å². The van der Waals surface area contributed by atoms with Crippen LogP contribution in [0, 0.1) is 5.82 Å². The van der Waals surface area contributed by atoms with Crippen LogP contribution in [-0.2, 0) is 13.0 Å². The van der Waals surface area contributed by atoms with E-state index >= 15 is 0 Å². The molecule has 0 bridgehead atoms. The van der Waals surface area contributed by atoms with Gasteiger partial charge in [0.05, 0.1) is 22.9 Å². The van der Waals surface area contributed by atoms with Crippen molar-refractivity contribution in [3.8, 4) is 5.75 Å². The smallest absolute Gasteiger partial charge is 0.335 e. The largest absolute Gasteiger partial charge is 0.497 e. The van der Waals surface area contributed by atoms with E-state index in [4.69, 9.17) is 14.8 Å². The van der Waals surface area contributed by atoms with Gasteiger partial charge in [-0.1, -0.05) is 35.6 Å². The molecule has 3 aromatic carbocycles. The Bertz CT molecular complexity index is 1190. The minimum absolute atomic E-state index is 0.254. The highest BCUT2D eigenvalue weighted by Crippen LogP contribution is 2.30. The van der Waals surface area contributed by atoms with Crippen molar-refractivity contribution in [2.24, 2.45) is 0 Å². The number of methoxy groups -OCH3 is 1. The van der Waals surface area contributed by atoms with Gasteiger partial charge in [-0.25, -0.2) is 14.2 Å². The van der Waals surface area contributed by atoms with Crippen LogP contribution in [0.5, 0.6) is 5.75 Å². The normalized spacial score (nSPS) is 10.9. The molecule has 0 aliphatic rings. The summed E-state index contributed by atoms with van der Waals surface area (Å²) in [7, 11) is 1.64. The van der Waals surface area contributed by atoms with Crippen LogP contribution in [-0.4, -0.2) is 29.7 Å². The highest BCUT2D eigenvalue weighted by Gasteiger charge is 2.14. The number of aromatic carboxylic acids is 1. The van der Waals surface area contributed by atoms with E-state index in [2.05, 4.69) is 4.90 Å². The predicted molar refractivity (Wildman–Crippen MR) is 121 cm³/mol. The lowest BCUT2D eigenvalue weighted by Gasteiger charge is -2.22. The first-order chi connectivity index (χ1) is 15.0. The topological polar surface area (TPSA) is 62.7 Å². The van der Waals surface area contributed by atoms with Crippen molar-refractivity contribution in [1.29, 1.82) is 0 Å². The number of anilines is 1. The number of thiazole rings is 1. The molecule has 4 rings (SSSR count). The van der Waals surface area contributed by atoms with Crippen LogP contribution < -0.4 is 9.64 Å². The number of carbonyl (C=O) groups is 1. The molecule has 0 radical (unpaired) electrons. The molecule has 7 heteroatoms. The molecule has 0 aliphatic heterocycles. The van der Waals surface area contributed by atoms with Crippen LogP contribution in [0.1, 0.15) is 21.5 Å². The number of hydrogen-bond donors (Lipinski definition) is 1. The number of benzene rings is 3. The van der Waals surface area contributed by atoms with Gasteiger partial charge < -0.3 is 14.7 Å². The molecule has 0 fully saturated rings. The SMILES string of the molecule is COc1ccc(CCN(Cc2ccc(C(=O)O)cc2)c2nc3ccc(F)cc3s2)cc1. The van der Waals surface area contributed by atoms with Gasteiger partial charge in [-0.05, 0) is 60.0 Å². The zero-order valence-electron chi connectivity index (χ0n) is 16.9. The van der Waals surface area contributed by atoms with Crippen molar-refractivity contribution in [3.05, 3.63) is 89.2 Å². The third-order valence-corrected chi connectivity index (χ3v) is 6.09. The first kappa shape index (κ1) is 20.8. The second-order valence-corrected chi connectivity index (χ2v) is 8.14. The Hall–Kier alpha value is -3.45. The Balaban J connectivity index is 1.59. The summed E-state index contributed by atoms with van der Waals surface area (Å²) >= 11 is 1.45. The molecule has 158 valence electrons. The summed E-state index contributed by atoms with van der Waals surface area (Å²) in [4.78, 5) is 18.0. The van der Waals surface area contributed by atoms with E-state index in [9.17, 15) is 9.18 Å². The fourth-order valence-electron chi connectivity index (χ4n) is 3.29. The van der Waals surface area contributed by atoms with Crippen molar-refractivity contribution in [1.82, 2.24) is 4.98 Å². The number of aromatic nitrogens is 1. The summed E-state index contributed by atoms with van der Waals surface area (Å²) < 4.78 is 19.7. The quantitative estimate of drug-likeness (QED) is 0.401. The van der Waals surface area contributed by atoms with Gasteiger partial charge >= 0.3 is 5.97 Å². The number of carboxylic acids is 1. The summed E-state index contributed by atoms with van der Waals surface area (Å²) in [6.07, 6.45) is 0.793. The van der Waals surface area contributed by atoms with Gasteiger partial charge in [0.2, 0.25) is 0 Å². The number of carboxylic acid groups (broad SMARTS) is 1. The van der Waals surface area contributed by atoms with Crippen molar-refractivity contribution < 1.29 is 19.0 Å². The maximum atomic E-state index is 13.6. The van der Waals surface area contributed by atoms with Gasteiger partial charge in [0.25, 0.3) is 0 Å². The molecule has 0 amide bonds. The van der Waals surface area contributed by atoms with Crippen LogP contribution in [0.4, 0.5) is 9.52 Å². The summed E-state index contributed by atoms with van der Waals surface area (Å²) in [5.41, 5.74) is 3.16. The minimum atomic E-state index is -0.948. The molecule has 31 heavy (non-hydrogen) atoms. The molecule has 0 atom stereocenters. The van der Waals surface area contributed by atoms with E-state index in [0.717, 1.165) is 33.1 Å². The van der Waals surface area contributed by atoms with Gasteiger partial charge in [-0.15, -0.1) is 0 Å². The fraction of sp³-hybridized carbons (Fsp3) is 0.167. The van der Waals surface area contributed by atoms with E-state index in [1.165, 1.54) is 29.0 Å². The number of fused-ring (bicyclic) bond motifs is 1. The minimum Gasteiger partial charge on any atom is -0.497 e. The molecule has 0 saturated carbocycles. The van der Waals surface area contributed by atoms with Crippen molar-refractivity contribution >= 4 is 32.7 Å². The lowest BCUT2D eigenvalue weighted by Crippen LogP contribution is -2.25. The van der Waals surface area contributed by atoms with Crippen LogP contribution in [0.25, 0.3) is 10.2 Å². The fourth-order valence-corrected chi connectivity index (χ4v) is 4.31. The van der Waals surface area contributed by atoms with E-state index in [1.807, 2.05) is 36.4 Å². The molecule has 1 aromatic heterocycles. The van der Waals surface area contributed by atoms with Crippen molar-refractivity contribution in [2.45, 2.75) is 13.0 Å². The molecule has 1 N–H and O–H groups in total. The molecule has 0 aliphatic carbocycles. The van der Waals surface area contributed by atoms with Crippen molar-refractivity contribution in [2.75, 3.05) is 18.6 Å². The lowest BCUT2D eigenvalue weighted by molar-refractivity contribution is 0.0697. The predicted octanol–water partition coefficient (Wildman–Crippen LogP) is 5.39. The summed E-state index contributed by atoms with van der Waals surface area (Å²) in [6, 6.07) is 19.4. The first-order valence-corrected chi connectivity index (χ1v) is 10.6. The Labute approximate surface area is 183 Å². The van der Waals surface area contributed by atoms with Crippen LogP contribution >= 0.6 is 11.3 Å². The molecule has 0 saturated heterocycles. The second kappa shape index (κ2) is 9.14. The second-order valence-electron chi connectivity index (χ2n) is 7.13. The summed E-state index contributed by atoms with van der Waals surface area (Å²) in [5, 5.41) is 9.93. The summed E-state index contributed by atoms with van der Waals surface area (Å²) in [6.45, 7) is 1.27. The lowest BCUT2D eigenvalue weighted by atomic mass is 10.1. The van der Waals surface area contributed by atoms with Gasteiger partial charge in [0.1, 0.15) is 11.6 Å². The van der Waals surface area contributed by atoms with E-state index < -0.39 is 5.97 Å². The third kappa shape index (κ3) is 5.00. The molecule has 1 heterocycles.